The predicted molar refractivity (Wildman–Crippen MR) is 91.4 cm³/mol. The lowest BCUT2D eigenvalue weighted by Gasteiger charge is -2.44. The van der Waals surface area contributed by atoms with Gasteiger partial charge in [0, 0.05) is 18.6 Å². The van der Waals surface area contributed by atoms with Crippen LogP contribution in [0.1, 0.15) is 12.5 Å². The van der Waals surface area contributed by atoms with E-state index in [1.807, 2.05) is 0 Å². The van der Waals surface area contributed by atoms with Crippen molar-refractivity contribution in [2.45, 2.75) is 19.8 Å². The smallest absolute Gasteiger partial charge is 0.331 e. The highest BCUT2D eigenvalue weighted by Crippen LogP contribution is 2.20. The van der Waals surface area contributed by atoms with Crippen molar-refractivity contribution >= 4 is 29.6 Å². The van der Waals surface area contributed by atoms with E-state index >= 15 is 0 Å². The van der Waals surface area contributed by atoms with E-state index in [1.54, 1.807) is 31.2 Å². The monoisotopic (exact) mass is 368 g/mol. The third-order valence-electron chi connectivity index (χ3n) is 4.05. The largest absolute Gasteiger partial charge is 0.469 e. The summed E-state index contributed by atoms with van der Waals surface area (Å²) in [5.41, 5.74) is 6.84. The fourth-order valence-corrected chi connectivity index (χ4v) is 2.64. The number of hydrogen-bond donors (Lipinski definition) is 1. The van der Waals surface area contributed by atoms with Crippen LogP contribution in [0.3, 0.4) is 0 Å². The number of hydrogen-bond acceptors (Lipinski definition) is 5. The number of nitrogens with zero attached hydrogens (tertiary/aromatic N) is 3. The zero-order chi connectivity index (χ0) is 18.7. The Morgan fingerprint density at radius 2 is 1.88 bits per heavy atom. The van der Waals surface area contributed by atoms with Gasteiger partial charge >= 0.3 is 18.0 Å². The summed E-state index contributed by atoms with van der Waals surface area (Å²) in [6, 6.07) is 5.87. The van der Waals surface area contributed by atoms with Crippen LogP contribution in [0, 0.1) is 5.92 Å². The molecule has 0 bridgehead atoms. The molecule has 0 aromatic heterocycles. The zero-order valence-electron chi connectivity index (χ0n) is 14.3. The van der Waals surface area contributed by atoms with Crippen molar-refractivity contribution in [3.63, 3.8) is 0 Å². The van der Waals surface area contributed by atoms with Crippen LogP contribution in [0.25, 0.3) is 0 Å². The van der Waals surface area contributed by atoms with Gasteiger partial charge in [-0.3, -0.25) is 20.3 Å². The summed E-state index contributed by atoms with van der Waals surface area (Å²) in [4.78, 5) is 40.4. The summed E-state index contributed by atoms with van der Waals surface area (Å²) < 4.78 is 4.65. The first-order valence-electron chi connectivity index (χ1n) is 7.69. The van der Waals surface area contributed by atoms with Crippen LogP contribution in [-0.4, -0.2) is 59.7 Å². The average Bonchev–Trinajstić information content (AvgIpc) is 2.61. The lowest BCUT2D eigenvalue weighted by molar-refractivity contribution is -0.145. The number of esters is 1. The van der Waals surface area contributed by atoms with Crippen molar-refractivity contribution in [3.8, 4) is 0 Å². The first-order chi connectivity index (χ1) is 11.8. The molecule has 0 aliphatic carbocycles. The van der Waals surface area contributed by atoms with Crippen LogP contribution >= 0.6 is 11.6 Å². The first-order valence-corrected chi connectivity index (χ1v) is 8.06. The number of amides is 4. The van der Waals surface area contributed by atoms with Crippen LogP contribution in [0.5, 0.6) is 0 Å². The quantitative estimate of drug-likeness (QED) is 0.797. The van der Waals surface area contributed by atoms with Gasteiger partial charge in [0.15, 0.2) is 6.29 Å². The Labute approximate surface area is 151 Å². The lowest BCUT2D eigenvalue weighted by Crippen LogP contribution is -2.68. The molecule has 4 amide bonds. The van der Waals surface area contributed by atoms with Crippen LogP contribution in [0.15, 0.2) is 24.3 Å². The Hall–Kier alpha value is -2.32. The van der Waals surface area contributed by atoms with Gasteiger partial charge in [-0.15, -0.1) is 0 Å². The molecule has 2 N–H and O–H groups in total. The van der Waals surface area contributed by atoms with E-state index in [2.05, 4.69) is 4.74 Å². The Morgan fingerprint density at radius 1 is 1.28 bits per heavy atom. The molecule has 1 unspecified atom stereocenters. The highest BCUT2D eigenvalue weighted by Gasteiger charge is 2.41. The lowest BCUT2D eigenvalue weighted by atomic mass is 10.1. The van der Waals surface area contributed by atoms with Crippen LogP contribution in [0.4, 0.5) is 9.59 Å². The fraction of sp³-hybridized carbons (Fsp3) is 0.438. The van der Waals surface area contributed by atoms with E-state index in [0.717, 1.165) is 10.5 Å². The van der Waals surface area contributed by atoms with Gasteiger partial charge in [0.25, 0.3) is 0 Å². The van der Waals surface area contributed by atoms with E-state index in [9.17, 15) is 14.4 Å². The van der Waals surface area contributed by atoms with Crippen molar-refractivity contribution in [3.05, 3.63) is 34.9 Å². The molecule has 9 heteroatoms. The molecule has 0 saturated carbocycles. The van der Waals surface area contributed by atoms with Crippen molar-refractivity contribution in [1.29, 1.82) is 0 Å². The van der Waals surface area contributed by atoms with E-state index in [1.165, 1.54) is 24.0 Å². The summed E-state index contributed by atoms with van der Waals surface area (Å²) in [7, 11) is 2.76. The topological polar surface area (TPSA) is 96.2 Å². The van der Waals surface area contributed by atoms with Gasteiger partial charge in [-0.1, -0.05) is 30.7 Å². The maximum atomic E-state index is 12.8. The molecule has 1 saturated heterocycles. The SMILES string of the molecule is COC(=O)C(C)CN1C(=O)N(C)[C@H](N)N(Cc2ccc(Cl)cc2)C1=O. The third kappa shape index (κ3) is 4.02. The van der Waals surface area contributed by atoms with Crippen molar-refractivity contribution in [2.24, 2.45) is 11.7 Å². The van der Waals surface area contributed by atoms with Gasteiger partial charge in [-0.05, 0) is 17.7 Å². The second kappa shape index (κ2) is 7.71. The van der Waals surface area contributed by atoms with Crippen molar-refractivity contribution < 1.29 is 19.1 Å². The van der Waals surface area contributed by atoms with Gasteiger partial charge in [0.2, 0.25) is 0 Å². The average molecular weight is 369 g/mol. The maximum absolute atomic E-state index is 12.8. The number of carbonyl (C=O) groups is 3. The summed E-state index contributed by atoms with van der Waals surface area (Å²) >= 11 is 5.87. The molecule has 2 atom stereocenters. The number of halogens is 1. The minimum atomic E-state index is -0.902. The predicted octanol–water partition coefficient (Wildman–Crippen LogP) is 1.68. The van der Waals surface area contributed by atoms with Crippen LogP contribution in [0.2, 0.25) is 5.02 Å². The van der Waals surface area contributed by atoms with Crippen molar-refractivity contribution in [1.82, 2.24) is 14.7 Å². The summed E-state index contributed by atoms with van der Waals surface area (Å²) in [5.74, 6) is -1.14. The summed E-state index contributed by atoms with van der Waals surface area (Å²) in [6.45, 7) is 1.71. The molecule has 0 spiro atoms. The molecule has 1 aliphatic heterocycles. The number of nitrogens with two attached hydrogens (primary N) is 1. The number of imide groups is 1. The number of benzene rings is 1. The number of methoxy groups -OCH3 is 1. The van der Waals surface area contributed by atoms with Crippen molar-refractivity contribution in [2.75, 3.05) is 20.7 Å². The van der Waals surface area contributed by atoms with E-state index < -0.39 is 30.2 Å². The fourth-order valence-electron chi connectivity index (χ4n) is 2.52. The van der Waals surface area contributed by atoms with E-state index in [0.29, 0.717) is 5.02 Å². The Kier molecular flexibility index (Phi) is 5.86. The molecule has 2 rings (SSSR count). The number of carbonyl (C=O) groups excluding carboxylic acids is 3. The minimum Gasteiger partial charge on any atom is -0.469 e. The Morgan fingerprint density at radius 3 is 2.44 bits per heavy atom. The van der Waals surface area contributed by atoms with Gasteiger partial charge in [0.1, 0.15) is 0 Å². The molecular formula is C16H21ClN4O4. The molecular weight excluding hydrogens is 348 g/mol. The molecule has 1 aromatic carbocycles. The van der Waals surface area contributed by atoms with Gasteiger partial charge in [-0.25, -0.2) is 14.5 Å². The molecule has 8 nitrogen and oxygen atoms in total. The van der Waals surface area contributed by atoms with Crippen LogP contribution in [-0.2, 0) is 16.1 Å². The standard InChI is InChI=1S/C16H21ClN4O4/c1-10(13(22)25-3)8-21-15(23)19(2)14(18)20(16(21)24)9-11-4-6-12(17)7-5-11/h4-7,10,14H,8-9,18H2,1-3H3/t10?,14-/m0/s1. The maximum Gasteiger partial charge on any atom is 0.331 e. The molecule has 1 fully saturated rings. The first kappa shape index (κ1) is 19.0. The van der Waals surface area contributed by atoms with Gasteiger partial charge < -0.3 is 4.74 Å². The minimum absolute atomic E-state index is 0.0848. The number of urea groups is 2. The van der Waals surface area contributed by atoms with E-state index in [-0.39, 0.29) is 13.1 Å². The normalized spacial score (nSPS) is 19.2. The summed E-state index contributed by atoms with van der Waals surface area (Å²) in [5, 5.41) is 0.582. The number of rotatable bonds is 5. The second-order valence-electron chi connectivity index (χ2n) is 5.88. The van der Waals surface area contributed by atoms with Crippen LogP contribution < -0.4 is 5.73 Å². The molecule has 1 aromatic rings. The van der Waals surface area contributed by atoms with E-state index in [4.69, 9.17) is 17.3 Å². The molecule has 25 heavy (non-hydrogen) atoms. The number of ether oxygens (including phenoxy) is 1. The second-order valence-corrected chi connectivity index (χ2v) is 6.32. The van der Waals surface area contributed by atoms with Gasteiger partial charge in [-0.2, -0.15) is 0 Å². The highest BCUT2D eigenvalue weighted by molar-refractivity contribution is 6.30. The Bertz CT molecular complexity index is 667. The Balaban J connectivity index is 2.21. The molecule has 1 aliphatic rings. The molecule has 0 radical (unpaired) electrons. The van der Waals surface area contributed by atoms with Gasteiger partial charge in [0.05, 0.1) is 19.6 Å². The molecule has 136 valence electrons. The molecule has 1 heterocycles. The highest BCUT2D eigenvalue weighted by atomic mass is 35.5. The summed E-state index contributed by atoms with van der Waals surface area (Å²) in [6.07, 6.45) is -0.902. The third-order valence-corrected chi connectivity index (χ3v) is 4.30. The zero-order valence-corrected chi connectivity index (χ0v) is 15.1.